The summed E-state index contributed by atoms with van der Waals surface area (Å²) in [6.07, 6.45) is 3.71. The lowest BCUT2D eigenvalue weighted by atomic mass is 9.98. The molecule has 0 atom stereocenters. The Hall–Kier alpha value is -2.21. The molecule has 2 aromatic rings. The zero-order chi connectivity index (χ0) is 18.7. The first kappa shape index (κ1) is 18.6. The van der Waals surface area contributed by atoms with Crippen molar-refractivity contribution in [2.24, 2.45) is 0 Å². The molecule has 0 radical (unpaired) electrons. The number of piperidine rings is 1. The summed E-state index contributed by atoms with van der Waals surface area (Å²) in [6, 6.07) is 7.17. The van der Waals surface area contributed by atoms with E-state index in [4.69, 9.17) is 0 Å². The van der Waals surface area contributed by atoms with Crippen LogP contribution in [0.1, 0.15) is 50.5 Å². The van der Waals surface area contributed by atoms with Crippen molar-refractivity contribution >= 4 is 16.7 Å². The highest BCUT2D eigenvalue weighted by molar-refractivity contribution is 6.04. The Kier molecular flexibility index (Phi) is 5.41. The van der Waals surface area contributed by atoms with Crippen molar-refractivity contribution in [3.8, 4) is 0 Å². The molecular formula is C20H28N4O2. The van der Waals surface area contributed by atoms with E-state index in [9.17, 15) is 9.59 Å². The van der Waals surface area contributed by atoms with Crippen molar-refractivity contribution in [2.75, 3.05) is 19.6 Å². The van der Waals surface area contributed by atoms with Crippen LogP contribution in [0.4, 0.5) is 0 Å². The highest BCUT2D eigenvalue weighted by Gasteiger charge is 2.29. The van der Waals surface area contributed by atoms with Crippen LogP contribution in [0, 0.1) is 0 Å². The standard InChI is InChI=1S/C20H28N4O2/c1-4-24-19(26)16-11-7-6-10-15(16)17(22-24)18(25)21-14-20(2,3)23-12-8-5-9-13-23/h6-7,10-11H,4-5,8-9,12-14H2,1-3H3,(H,21,25). The Balaban J connectivity index is 1.84. The molecule has 1 N–H and O–H groups in total. The molecule has 6 nitrogen and oxygen atoms in total. The average Bonchev–Trinajstić information content (AvgIpc) is 2.67. The number of fused-ring (bicyclic) bond motifs is 1. The van der Waals surface area contributed by atoms with Gasteiger partial charge in [0.25, 0.3) is 11.5 Å². The minimum atomic E-state index is -0.228. The van der Waals surface area contributed by atoms with Gasteiger partial charge in [-0.1, -0.05) is 24.6 Å². The van der Waals surface area contributed by atoms with E-state index in [2.05, 4.69) is 29.2 Å². The zero-order valence-corrected chi connectivity index (χ0v) is 15.9. The number of carbonyl (C=O) groups excluding carboxylic acids is 1. The number of nitrogens with zero attached hydrogens (tertiary/aromatic N) is 3. The van der Waals surface area contributed by atoms with Gasteiger partial charge in [0, 0.05) is 24.0 Å². The SMILES string of the molecule is CCn1nc(C(=O)NCC(C)(C)N2CCCCC2)c2ccccc2c1=O. The molecule has 1 aliphatic rings. The average molecular weight is 356 g/mol. The van der Waals surface area contributed by atoms with Crippen LogP contribution in [0.5, 0.6) is 0 Å². The molecule has 1 aromatic heterocycles. The van der Waals surface area contributed by atoms with Gasteiger partial charge in [0.1, 0.15) is 0 Å². The Bertz CT molecular complexity index is 851. The minimum Gasteiger partial charge on any atom is -0.349 e. The van der Waals surface area contributed by atoms with Crippen molar-refractivity contribution in [1.82, 2.24) is 20.0 Å². The van der Waals surface area contributed by atoms with Crippen molar-refractivity contribution in [3.05, 3.63) is 40.3 Å². The number of carbonyl (C=O) groups is 1. The van der Waals surface area contributed by atoms with E-state index in [1.807, 2.05) is 19.1 Å². The lowest BCUT2D eigenvalue weighted by Gasteiger charge is -2.41. The van der Waals surface area contributed by atoms with Crippen LogP contribution in [-0.4, -0.2) is 45.8 Å². The summed E-state index contributed by atoms with van der Waals surface area (Å²) in [5.41, 5.74) is 0.0511. The fourth-order valence-electron chi connectivity index (χ4n) is 3.61. The third-order valence-corrected chi connectivity index (χ3v) is 5.28. The number of hydrogen-bond donors (Lipinski definition) is 1. The van der Waals surface area contributed by atoms with Gasteiger partial charge in [-0.15, -0.1) is 0 Å². The van der Waals surface area contributed by atoms with Gasteiger partial charge in [-0.25, -0.2) is 4.68 Å². The van der Waals surface area contributed by atoms with E-state index in [-0.39, 0.29) is 17.0 Å². The number of amides is 1. The molecule has 140 valence electrons. The first-order valence-electron chi connectivity index (χ1n) is 9.47. The molecule has 0 saturated carbocycles. The smallest absolute Gasteiger partial charge is 0.274 e. The molecule has 0 bridgehead atoms. The quantitative estimate of drug-likeness (QED) is 0.893. The van der Waals surface area contributed by atoms with Gasteiger partial charge in [0.15, 0.2) is 5.69 Å². The monoisotopic (exact) mass is 356 g/mol. The summed E-state index contributed by atoms with van der Waals surface area (Å²) in [5, 5.41) is 8.49. The summed E-state index contributed by atoms with van der Waals surface area (Å²) in [7, 11) is 0. The van der Waals surface area contributed by atoms with Crippen LogP contribution in [0.3, 0.4) is 0 Å². The molecule has 1 amide bonds. The van der Waals surface area contributed by atoms with Crippen LogP contribution in [0.2, 0.25) is 0 Å². The van der Waals surface area contributed by atoms with Crippen LogP contribution in [0.15, 0.2) is 29.1 Å². The Morgan fingerprint density at radius 1 is 1.15 bits per heavy atom. The first-order valence-corrected chi connectivity index (χ1v) is 9.47. The predicted molar refractivity (Wildman–Crippen MR) is 104 cm³/mol. The largest absolute Gasteiger partial charge is 0.349 e. The van der Waals surface area contributed by atoms with E-state index in [1.165, 1.54) is 23.9 Å². The van der Waals surface area contributed by atoms with Crippen LogP contribution in [-0.2, 0) is 6.54 Å². The Morgan fingerprint density at radius 2 is 1.81 bits per heavy atom. The highest BCUT2D eigenvalue weighted by atomic mass is 16.2. The Morgan fingerprint density at radius 3 is 2.46 bits per heavy atom. The van der Waals surface area contributed by atoms with Crippen LogP contribution >= 0.6 is 0 Å². The molecule has 3 rings (SSSR count). The molecule has 1 aliphatic heterocycles. The van der Waals surface area contributed by atoms with Gasteiger partial charge in [-0.05, 0) is 52.8 Å². The fourth-order valence-corrected chi connectivity index (χ4v) is 3.61. The van der Waals surface area contributed by atoms with Crippen molar-refractivity contribution in [3.63, 3.8) is 0 Å². The molecule has 1 fully saturated rings. The molecule has 0 unspecified atom stereocenters. The van der Waals surface area contributed by atoms with Gasteiger partial charge in [-0.2, -0.15) is 5.10 Å². The van der Waals surface area contributed by atoms with E-state index >= 15 is 0 Å². The van der Waals surface area contributed by atoms with Crippen molar-refractivity contribution < 1.29 is 4.79 Å². The van der Waals surface area contributed by atoms with Gasteiger partial charge in [-0.3, -0.25) is 14.5 Å². The number of benzene rings is 1. The van der Waals surface area contributed by atoms with Crippen molar-refractivity contribution in [1.29, 1.82) is 0 Å². The topological polar surface area (TPSA) is 67.2 Å². The molecular weight excluding hydrogens is 328 g/mol. The maximum absolute atomic E-state index is 12.9. The van der Waals surface area contributed by atoms with Gasteiger partial charge in [0.05, 0.1) is 5.39 Å². The first-order chi connectivity index (χ1) is 12.4. The summed E-state index contributed by atoms with van der Waals surface area (Å²) < 4.78 is 1.35. The second-order valence-electron chi connectivity index (χ2n) is 7.56. The second-order valence-corrected chi connectivity index (χ2v) is 7.56. The zero-order valence-electron chi connectivity index (χ0n) is 15.9. The van der Waals surface area contributed by atoms with Crippen molar-refractivity contribution in [2.45, 2.75) is 52.1 Å². The fraction of sp³-hybridized carbons (Fsp3) is 0.550. The number of aromatic nitrogens is 2. The number of hydrogen-bond acceptors (Lipinski definition) is 4. The van der Waals surface area contributed by atoms with Crippen LogP contribution < -0.4 is 10.9 Å². The minimum absolute atomic E-state index is 0.106. The van der Waals surface area contributed by atoms with Gasteiger partial charge >= 0.3 is 0 Å². The third-order valence-electron chi connectivity index (χ3n) is 5.28. The maximum Gasteiger partial charge on any atom is 0.274 e. The Labute approximate surface area is 154 Å². The number of aryl methyl sites for hydroxylation is 1. The summed E-state index contributed by atoms with van der Waals surface area (Å²) in [6.45, 7) is 9.31. The highest BCUT2D eigenvalue weighted by Crippen LogP contribution is 2.20. The summed E-state index contributed by atoms with van der Waals surface area (Å²) in [4.78, 5) is 27.7. The predicted octanol–water partition coefficient (Wildman–Crippen LogP) is 2.41. The molecule has 0 aliphatic carbocycles. The molecule has 0 spiro atoms. The maximum atomic E-state index is 12.9. The summed E-state index contributed by atoms with van der Waals surface area (Å²) >= 11 is 0. The summed E-state index contributed by atoms with van der Waals surface area (Å²) in [5.74, 6) is -0.228. The molecule has 2 heterocycles. The molecule has 26 heavy (non-hydrogen) atoms. The second kappa shape index (κ2) is 7.58. The molecule has 6 heteroatoms. The van der Waals surface area contributed by atoms with E-state index in [1.54, 1.807) is 12.1 Å². The lowest BCUT2D eigenvalue weighted by molar-refractivity contribution is 0.0794. The number of nitrogens with one attached hydrogen (secondary N) is 1. The molecule has 1 saturated heterocycles. The van der Waals surface area contributed by atoms with Crippen LogP contribution in [0.25, 0.3) is 10.8 Å². The van der Waals surface area contributed by atoms with E-state index in [0.29, 0.717) is 29.6 Å². The number of likely N-dealkylation sites (tertiary alicyclic amines) is 1. The third kappa shape index (κ3) is 3.65. The number of rotatable bonds is 5. The van der Waals surface area contributed by atoms with E-state index in [0.717, 1.165) is 13.1 Å². The van der Waals surface area contributed by atoms with Gasteiger partial charge < -0.3 is 5.32 Å². The van der Waals surface area contributed by atoms with Gasteiger partial charge in [0.2, 0.25) is 0 Å². The molecule has 1 aromatic carbocycles. The normalized spacial score (nSPS) is 16.0. The van der Waals surface area contributed by atoms with E-state index < -0.39 is 0 Å². The lowest BCUT2D eigenvalue weighted by Crippen LogP contribution is -2.53.